The van der Waals surface area contributed by atoms with Crippen molar-refractivity contribution >= 4 is 9.84 Å². The highest BCUT2D eigenvalue weighted by atomic mass is 32.2. The van der Waals surface area contributed by atoms with E-state index in [1.807, 2.05) is 0 Å². The van der Waals surface area contributed by atoms with E-state index in [1.165, 1.54) is 0 Å². The molecule has 1 atom stereocenters. The van der Waals surface area contributed by atoms with Crippen molar-refractivity contribution in [3.05, 3.63) is 0 Å². The van der Waals surface area contributed by atoms with Gasteiger partial charge < -0.3 is 5.32 Å². The summed E-state index contributed by atoms with van der Waals surface area (Å²) in [4.78, 5) is 0. The lowest BCUT2D eigenvalue weighted by atomic mass is 9.93. The Balaban J connectivity index is 4.04. The van der Waals surface area contributed by atoms with Gasteiger partial charge in [0.25, 0.3) is 0 Å². The van der Waals surface area contributed by atoms with Crippen LogP contribution in [0.2, 0.25) is 0 Å². The molecule has 3 nitrogen and oxygen atoms in total. The van der Waals surface area contributed by atoms with Crippen LogP contribution in [0, 0.1) is 11.8 Å². The molecule has 98 valence electrons. The van der Waals surface area contributed by atoms with Crippen molar-refractivity contribution in [2.75, 3.05) is 24.6 Å². The van der Waals surface area contributed by atoms with Crippen molar-refractivity contribution in [2.45, 2.75) is 40.5 Å². The molecule has 0 aliphatic carbocycles. The van der Waals surface area contributed by atoms with Gasteiger partial charge in [-0.2, -0.15) is 0 Å². The molecule has 0 amide bonds. The van der Waals surface area contributed by atoms with Gasteiger partial charge >= 0.3 is 0 Å². The molecule has 0 aliphatic rings. The minimum atomic E-state index is -2.81. The number of sulfone groups is 1. The van der Waals surface area contributed by atoms with E-state index >= 15 is 0 Å². The topological polar surface area (TPSA) is 46.2 Å². The second-order valence-corrected chi connectivity index (χ2v) is 7.21. The van der Waals surface area contributed by atoms with E-state index in [9.17, 15) is 8.42 Å². The summed E-state index contributed by atoms with van der Waals surface area (Å²) in [7, 11) is -2.81. The van der Waals surface area contributed by atoms with Gasteiger partial charge in [0.15, 0.2) is 0 Å². The molecule has 0 radical (unpaired) electrons. The van der Waals surface area contributed by atoms with Crippen LogP contribution in [0.3, 0.4) is 0 Å². The molecule has 0 bridgehead atoms. The zero-order valence-electron chi connectivity index (χ0n) is 11.1. The van der Waals surface area contributed by atoms with Gasteiger partial charge in [-0.3, -0.25) is 0 Å². The predicted molar refractivity (Wildman–Crippen MR) is 70.4 cm³/mol. The minimum Gasteiger partial charge on any atom is -0.316 e. The third-order valence-corrected chi connectivity index (χ3v) is 4.75. The standard InChI is InChI=1S/C12H27NO2S/c1-5-8-13-10-12(11(3)4)7-9-16(14,15)6-2/h11-13H,5-10H2,1-4H3. The van der Waals surface area contributed by atoms with Gasteiger partial charge in [0.05, 0.1) is 5.75 Å². The van der Waals surface area contributed by atoms with Gasteiger partial charge in [0.1, 0.15) is 9.84 Å². The smallest absolute Gasteiger partial charge is 0.150 e. The van der Waals surface area contributed by atoms with Gasteiger partial charge in [-0.05, 0) is 37.8 Å². The van der Waals surface area contributed by atoms with E-state index in [0.717, 1.165) is 25.9 Å². The lowest BCUT2D eigenvalue weighted by molar-refractivity contribution is 0.353. The normalized spacial score (nSPS) is 14.3. The molecular weight excluding hydrogens is 222 g/mol. The molecule has 0 saturated heterocycles. The van der Waals surface area contributed by atoms with Gasteiger partial charge in [-0.25, -0.2) is 8.42 Å². The Labute approximate surface area is 101 Å². The molecule has 1 unspecified atom stereocenters. The molecular formula is C12H27NO2S. The van der Waals surface area contributed by atoms with Gasteiger partial charge in [-0.1, -0.05) is 27.7 Å². The maximum Gasteiger partial charge on any atom is 0.150 e. The number of hydrogen-bond acceptors (Lipinski definition) is 3. The molecule has 0 aromatic carbocycles. The highest BCUT2D eigenvalue weighted by Crippen LogP contribution is 2.15. The van der Waals surface area contributed by atoms with Crippen LogP contribution >= 0.6 is 0 Å². The molecule has 0 spiro atoms. The first kappa shape index (κ1) is 15.9. The Hall–Kier alpha value is -0.0900. The molecule has 0 saturated carbocycles. The summed E-state index contributed by atoms with van der Waals surface area (Å²) in [5, 5.41) is 3.38. The van der Waals surface area contributed by atoms with Crippen LogP contribution in [0.4, 0.5) is 0 Å². The largest absolute Gasteiger partial charge is 0.316 e. The molecule has 0 aliphatic heterocycles. The molecule has 0 heterocycles. The second-order valence-electron chi connectivity index (χ2n) is 4.73. The fourth-order valence-electron chi connectivity index (χ4n) is 1.61. The number of hydrogen-bond donors (Lipinski definition) is 1. The third kappa shape index (κ3) is 7.23. The summed E-state index contributed by atoms with van der Waals surface area (Å²) in [6, 6.07) is 0. The van der Waals surface area contributed by atoms with Crippen LogP contribution in [-0.4, -0.2) is 33.0 Å². The zero-order valence-corrected chi connectivity index (χ0v) is 11.9. The molecule has 0 aromatic heterocycles. The van der Waals surface area contributed by atoms with Crippen molar-refractivity contribution in [3.63, 3.8) is 0 Å². The second kappa shape index (κ2) is 8.07. The summed E-state index contributed by atoms with van der Waals surface area (Å²) in [5.74, 6) is 1.60. The zero-order chi connectivity index (χ0) is 12.6. The number of rotatable bonds is 9. The summed E-state index contributed by atoms with van der Waals surface area (Å²) < 4.78 is 22.9. The molecule has 4 heteroatoms. The lowest BCUT2D eigenvalue weighted by Gasteiger charge is -2.21. The van der Waals surface area contributed by atoms with Crippen molar-refractivity contribution in [1.82, 2.24) is 5.32 Å². The summed E-state index contributed by atoms with van der Waals surface area (Å²) in [6.07, 6.45) is 1.91. The quantitative estimate of drug-likeness (QED) is 0.636. The average molecular weight is 249 g/mol. The maximum atomic E-state index is 11.4. The van der Waals surface area contributed by atoms with E-state index in [2.05, 4.69) is 26.1 Å². The summed E-state index contributed by atoms with van der Waals surface area (Å²) >= 11 is 0. The van der Waals surface area contributed by atoms with Gasteiger partial charge in [0.2, 0.25) is 0 Å². The predicted octanol–water partition coefficient (Wildman–Crippen LogP) is 2.08. The van der Waals surface area contributed by atoms with Crippen molar-refractivity contribution in [1.29, 1.82) is 0 Å². The molecule has 16 heavy (non-hydrogen) atoms. The molecule has 0 aromatic rings. The first-order valence-corrected chi connectivity index (χ1v) is 8.16. The van der Waals surface area contributed by atoms with Gasteiger partial charge in [-0.15, -0.1) is 0 Å². The van der Waals surface area contributed by atoms with E-state index in [1.54, 1.807) is 6.92 Å². The highest BCUT2D eigenvalue weighted by Gasteiger charge is 2.16. The monoisotopic (exact) mass is 249 g/mol. The fourth-order valence-corrected chi connectivity index (χ4v) is 2.56. The fraction of sp³-hybridized carbons (Fsp3) is 1.00. The SMILES string of the molecule is CCCNCC(CCS(=O)(=O)CC)C(C)C. The van der Waals surface area contributed by atoms with E-state index in [4.69, 9.17) is 0 Å². The first-order chi connectivity index (χ1) is 7.43. The van der Waals surface area contributed by atoms with E-state index < -0.39 is 9.84 Å². The molecule has 0 fully saturated rings. The van der Waals surface area contributed by atoms with Crippen molar-refractivity contribution < 1.29 is 8.42 Å². The Bertz CT molecular complexity index is 260. The summed E-state index contributed by atoms with van der Waals surface area (Å²) in [6.45, 7) is 10.1. The van der Waals surface area contributed by atoms with Crippen molar-refractivity contribution in [2.24, 2.45) is 11.8 Å². The van der Waals surface area contributed by atoms with E-state index in [0.29, 0.717) is 17.6 Å². The minimum absolute atomic E-state index is 0.264. The Kier molecular flexibility index (Phi) is 8.02. The average Bonchev–Trinajstić information content (AvgIpc) is 2.22. The van der Waals surface area contributed by atoms with Crippen LogP contribution < -0.4 is 5.32 Å². The maximum absolute atomic E-state index is 11.4. The highest BCUT2D eigenvalue weighted by molar-refractivity contribution is 7.91. The van der Waals surface area contributed by atoms with Gasteiger partial charge in [0, 0.05) is 5.75 Å². The Morgan fingerprint density at radius 2 is 1.81 bits per heavy atom. The molecule has 0 rings (SSSR count). The first-order valence-electron chi connectivity index (χ1n) is 6.34. The Morgan fingerprint density at radius 1 is 1.19 bits per heavy atom. The molecule has 1 N–H and O–H groups in total. The van der Waals surface area contributed by atoms with Crippen LogP contribution in [-0.2, 0) is 9.84 Å². The lowest BCUT2D eigenvalue weighted by Crippen LogP contribution is -2.28. The van der Waals surface area contributed by atoms with Crippen LogP contribution in [0.25, 0.3) is 0 Å². The van der Waals surface area contributed by atoms with Crippen LogP contribution in [0.15, 0.2) is 0 Å². The third-order valence-electron chi connectivity index (χ3n) is 3.02. The Morgan fingerprint density at radius 3 is 2.25 bits per heavy atom. The van der Waals surface area contributed by atoms with E-state index in [-0.39, 0.29) is 5.75 Å². The van der Waals surface area contributed by atoms with Crippen LogP contribution in [0.5, 0.6) is 0 Å². The van der Waals surface area contributed by atoms with Crippen molar-refractivity contribution in [3.8, 4) is 0 Å². The summed E-state index contributed by atoms with van der Waals surface area (Å²) in [5.41, 5.74) is 0. The van der Waals surface area contributed by atoms with Crippen LogP contribution in [0.1, 0.15) is 40.5 Å². The number of nitrogens with one attached hydrogen (secondary N) is 1.